The van der Waals surface area contributed by atoms with Crippen LogP contribution in [-0.2, 0) is 4.79 Å². The first-order valence-corrected chi connectivity index (χ1v) is 4.64. The molecule has 0 unspecified atom stereocenters. The predicted molar refractivity (Wildman–Crippen MR) is 55.5 cm³/mol. The van der Waals surface area contributed by atoms with Gasteiger partial charge in [-0.3, -0.25) is 4.79 Å². The topological polar surface area (TPSA) is 52.9 Å². The molecule has 5 heteroatoms. The minimum Gasteiger partial charge on any atom is -0.324 e. The third-order valence-electron chi connectivity index (χ3n) is 1.49. The van der Waals surface area contributed by atoms with E-state index in [1.807, 2.05) is 6.07 Å². The van der Waals surface area contributed by atoms with Crippen LogP contribution in [0.5, 0.6) is 0 Å². The number of hydrogen-bond acceptors (Lipinski definition) is 2. The lowest BCUT2D eigenvalue weighted by Gasteiger charge is -2.04. The van der Waals surface area contributed by atoms with Gasteiger partial charge in [0.15, 0.2) is 0 Å². The van der Waals surface area contributed by atoms with E-state index in [1.165, 1.54) is 6.07 Å². The van der Waals surface area contributed by atoms with Crippen LogP contribution in [0.25, 0.3) is 0 Å². The zero-order chi connectivity index (χ0) is 10.6. The Labute approximate surface area is 91.2 Å². The minimum absolute atomic E-state index is 0.129. The van der Waals surface area contributed by atoms with E-state index in [4.69, 9.17) is 28.5 Å². The molecule has 0 radical (unpaired) electrons. The summed E-state index contributed by atoms with van der Waals surface area (Å²) in [6, 6.07) is 6.54. The van der Waals surface area contributed by atoms with E-state index < -0.39 is 0 Å². The number of carbonyl (C=O) groups is 1. The quantitative estimate of drug-likeness (QED) is 0.791. The third kappa shape index (κ3) is 2.63. The van der Waals surface area contributed by atoms with Gasteiger partial charge in [-0.15, -0.1) is 11.6 Å². The highest BCUT2D eigenvalue weighted by molar-refractivity contribution is 6.34. The molecule has 0 aromatic heterocycles. The average molecular weight is 229 g/mol. The Hall–Kier alpha value is -1.24. The summed E-state index contributed by atoms with van der Waals surface area (Å²) in [4.78, 5) is 10.9. The molecule has 0 saturated heterocycles. The van der Waals surface area contributed by atoms with Gasteiger partial charge in [-0.05, 0) is 18.2 Å². The summed E-state index contributed by atoms with van der Waals surface area (Å²) in [5.41, 5.74) is 0.898. The molecule has 3 nitrogen and oxygen atoms in total. The number of hydrogen-bond donors (Lipinski definition) is 1. The van der Waals surface area contributed by atoms with Gasteiger partial charge in [0, 0.05) is 0 Å². The van der Waals surface area contributed by atoms with Gasteiger partial charge in [-0.1, -0.05) is 11.6 Å². The third-order valence-corrected chi connectivity index (χ3v) is 2.05. The number of nitriles is 1. The Morgan fingerprint density at radius 1 is 1.57 bits per heavy atom. The van der Waals surface area contributed by atoms with Gasteiger partial charge in [0.1, 0.15) is 5.88 Å². The van der Waals surface area contributed by atoms with E-state index in [9.17, 15) is 4.79 Å². The Bertz CT molecular complexity index is 398. The van der Waals surface area contributed by atoms with Crippen LogP contribution in [0.1, 0.15) is 5.56 Å². The van der Waals surface area contributed by atoms with Crippen LogP contribution in [0.2, 0.25) is 5.02 Å². The maximum absolute atomic E-state index is 10.9. The van der Waals surface area contributed by atoms with Gasteiger partial charge in [-0.2, -0.15) is 5.26 Å². The first kappa shape index (κ1) is 10.8. The van der Waals surface area contributed by atoms with Gasteiger partial charge in [-0.25, -0.2) is 0 Å². The maximum Gasteiger partial charge on any atom is 0.239 e. The summed E-state index contributed by atoms with van der Waals surface area (Å²) in [7, 11) is 0. The standard InChI is InChI=1S/C9H6Cl2N2O/c10-4-9(14)13-8-2-1-6(5-12)3-7(8)11/h1-3H,4H2,(H,13,14). The minimum atomic E-state index is -0.335. The van der Waals surface area contributed by atoms with Crippen LogP contribution in [0.15, 0.2) is 18.2 Å². The number of nitrogens with zero attached hydrogens (tertiary/aromatic N) is 1. The monoisotopic (exact) mass is 228 g/mol. The molecule has 1 amide bonds. The van der Waals surface area contributed by atoms with Crippen LogP contribution in [-0.4, -0.2) is 11.8 Å². The smallest absolute Gasteiger partial charge is 0.239 e. The summed E-state index contributed by atoms with van der Waals surface area (Å²) in [6.07, 6.45) is 0. The largest absolute Gasteiger partial charge is 0.324 e. The molecule has 1 aromatic rings. The summed E-state index contributed by atoms with van der Waals surface area (Å²) < 4.78 is 0. The van der Waals surface area contributed by atoms with Crippen molar-refractivity contribution in [2.24, 2.45) is 0 Å². The highest BCUT2D eigenvalue weighted by Crippen LogP contribution is 2.22. The zero-order valence-electron chi connectivity index (χ0n) is 7.05. The highest BCUT2D eigenvalue weighted by atomic mass is 35.5. The Balaban J connectivity index is 2.90. The van der Waals surface area contributed by atoms with E-state index in [0.29, 0.717) is 16.3 Å². The van der Waals surface area contributed by atoms with Crippen molar-refractivity contribution in [2.75, 3.05) is 11.2 Å². The fourth-order valence-corrected chi connectivity index (χ4v) is 1.16. The molecule has 0 aliphatic rings. The number of anilines is 1. The Morgan fingerprint density at radius 3 is 2.79 bits per heavy atom. The van der Waals surface area contributed by atoms with Gasteiger partial charge in [0.05, 0.1) is 22.3 Å². The first-order chi connectivity index (χ1) is 6.67. The van der Waals surface area contributed by atoms with Crippen LogP contribution < -0.4 is 5.32 Å². The molecule has 1 N–H and O–H groups in total. The molecule has 0 aliphatic carbocycles. The van der Waals surface area contributed by atoms with Crippen molar-refractivity contribution >= 4 is 34.8 Å². The molecule has 72 valence electrons. The van der Waals surface area contributed by atoms with E-state index in [0.717, 1.165) is 0 Å². The molecule has 1 aromatic carbocycles. The van der Waals surface area contributed by atoms with Gasteiger partial charge >= 0.3 is 0 Å². The Morgan fingerprint density at radius 2 is 2.29 bits per heavy atom. The average Bonchev–Trinajstić information content (AvgIpc) is 2.20. The number of benzene rings is 1. The van der Waals surface area contributed by atoms with Crippen molar-refractivity contribution in [1.29, 1.82) is 5.26 Å². The predicted octanol–water partition coefficient (Wildman–Crippen LogP) is 2.39. The second-order valence-corrected chi connectivity index (χ2v) is 3.16. The van der Waals surface area contributed by atoms with Crippen molar-refractivity contribution in [3.63, 3.8) is 0 Å². The van der Waals surface area contributed by atoms with Gasteiger partial charge in [0.25, 0.3) is 0 Å². The molecule has 0 heterocycles. The lowest BCUT2D eigenvalue weighted by Crippen LogP contribution is -2.12. The second-order valence-electron chi connectivity index (χ2n) is 2.49. The summed E-state index contributed by atoms with van der Waals surface area (Å²) in [6.45, 7) is 0. The van der Waals surface area contributed by atoms with Crippen LogP contribution in [0.4, 0.5) is 5.69 Å². The van der Waals surface area contributed by atoms with E-state index >= 15 is 0 Å². The van der Waals surface area contributed by atoms with E-state index in [1.54, 1.807) is 12.1 Å². The summed E-state index contributed by atoms with van der Waals surface area (Å²) >= 11 is 11.1. The van der Waals surface area contributed by atoms with Crippen molar-refractivity contribution in [3.8, 4) is 6.07 Å². The van der Waals surface area contributed by atoms with Crippen LogP contribution in [0, 0.1) is 11.3 Å². The van der Waals surface area contributed by atoms with Crippen LogP contribution >= 0.6 is 23.2 Å². The van der Waals surface area contributed by atoms with Gasteiger partial charge < -0.3 is 5.32 Å². The molecule has 0 bridgehead atoms. The molecule has 0 fully saturated rings. The molecular formula is C9H6Cl2N2O. The maximum atomic E-state index is 10.9. The Kier molecular flexibility index (Phi) is 3.75. The molecular weight excluding hydrogens is 223 g/mol. The zero-order valence-corrected chi connectivity index (χ0v) is 8.56. The fraction of sp³-hybridized carbons (Fsp3) is 0.111. The normalized spacial score (nSPS) is 9.21. The lowest BCUT2D eigenvalue weighted by atomic mass is 10.2. The molecule has 0 atom stereocenters. The number of halogens is 2. The summed E-state index contributed by atoms with van der Waals surface area (Å²) in [5, 5.41) is 11.4. The first-order valence-electron chi connectivity index (χ1n) is 3.73. The molecule has 0 saturated carbocycles. The molecule has 0 spiro atoms. The fourth-order valence-electron chi connectivity index (χ4n) is 0.870. The van der Waals surface area contributed by atoms with E-state index in [-0.39, 0.29) is 11.8 Å². The molecule has 0 aliphatic heterocycles. The number of rotatable bonds is 2. The lowest BCUT2D eigenvalue weighted by molar-refractivity contribution is -0.113. The van der Waals surface area contributed by atoms with E-state index in [2.05, 4.69) is 5.32 Å². The number of amides is 1. The number of nitrogens with one attached hydrogen (secondary N) is 1. The second kappa shape index (κ2) is 4.85. The van der Waals surface area contributed by atoms with Crippen molar-refractivity contribution in [1.82, 2.24) is 0 Å². The summed E-state index contributed by atoms with van der Waals surface area (Å²) in [5.74, 6) is -0.464. The van der Waals surface area contributed by atoms with Crippen molar-refractivity contribution < 1.29 is 4.79 Å². The highest BCUT2D eigenvalue weighted by Gasteiger charge is 2.04. The number of alkyl halides is 1. The van der Waals surface area contributed by atoms with Crippen LogP contribution in [0.3, 0.4) is 0 Å². The van der Waals surface area contributed by atoms with Crippen molar-refractivity contribution in [2.45, 2.75) is 0 Å². The van der Waals surface area contributed by atoms with Gasteiger partial charge in [0.2, 0.25) is 5.91 Å². The molecule has 14 heavy (non-hydrogen) atoms. The number of carbonyl (C=O) groups excluding carboxylic acids is 1. The SMILES string of the molecule is N#Cc1ccc(NC(=O)CCl)c(Cl)c1. The van der Waals surface area contributed by atoms with Crippen molar-refractivity contribution in [3.05, 3.63) is 28.8 Å². The molecule has 1 rings (SSSR count).